The van der Waals surface area contributed by atoms with Gasteiger partial charge in [-0.25, -0.2) is 0 Å². The second-order valence-corrected chi connectivity index (χ2v) is 11.2. The predicted octanol–water partition coefficient (Wildman–Crippen LogP) is 2.64. The van der Waals surface area contributed by atoms with Gasteiger partial charge in [-0.05, 0) is 35.7 Å². The summed E-state index contributed by atoms with van der Waals surface area (Å²) in [5.74, 6) is -1.84. The van der Waals surface area contributed by atoms with E-state index in [1.54, 1.807) is 0 Å². The van der Waals surface area contributed by atoms with Gasteiger partial charge in [0.15, 0.2) is 11.5 Å². The Balaban J connectivity index is 0.00000432. The molecule has 35 heavy (non-hydrogen) atoms. The molecule has 0 aliphatic heterocycles. The van der Waals surface area contributed by atoms with Gasteiger partial charge in [-0.1, -0.05) is 11.6 Å². The Kier molecular flexibility index (Phi) is 7.78. The van der Waals surface area contributed by atoms with Crippen LogP contribution in [-0.2, 0) is 47.4 Å². The van der Waals surface area contributed by atoms with Gasteiger partial charge in [0.25, 0.3) is 30.4 Å². The summed E-state index contributed by atoms with van der Waals surface area (Å²) in [6.07, 6.45) is 0. The minimum atomic E-state index is -5.15. The van der Waals surface area contributed by atoms with Crippen LogP contribution < -0.4 is 5.73 Å². The van der Waals surface area contributed by atoms with Crippen LogP contribution in [0, 0.1) is 0 Å². The van der Waals surface area contributed by atoms with Crippen molar-refractivity contribution >= 4 is 69.8 Å². The maximum atomic E-state index is 11.9. The second kappa shape index (κ2) is 9.49. The minimum Gasteiger partial charge on any atom is -0.505 e. The third kappa shape index (κ3) is 5.83. The third-order valence-electron chi connectivity index (χ3n) is 4.30. The number of anilines is 1. The molecule has 14 nitrogen and oxygen atoms in total. The Morgan fingerprint density at radius 1 is 0.743 bits per heavy atom. The van der Waals surface area contributed by atoms with Gasteiger partial charge < -0.3 is 15.9 Å². The van der Waals surface area contributed by atoms with E-state index in [-0.39, 0.29) is 27.8 Å². The molecular formula is C16H12ClCuN3O11S3. The Hall–Kier alpha value is -2.54. The van der Waals surface area contributed by atoms with Gasteiger partial charge in [0.1, 0.15) is 16.3 Å². The van der Waals surface area contributed by atoms with Crippen molar-refractivity contribution in [1.82, 2.24) is 0 Å². The van der Waals surface area contributed by atoms with Gasteiger partial charge in [-0.2, -0.15) is 25.3 Å². The third-order valence-corrected chi connectivity index (χ3v) is 7.12. The fourth-order valence-corrected chi connectivity index (χ4v) is 4.84. The number of halogens is 1. The summed E-state index contributed by atoms with van der Waals surface area (Å²) in [5.41, 5.74) is 3.66. The standard InChI is InChI=1S/C16H12ClN3O11S3.Cu/c17-9-3-8(33(26,27)28)5-11(15(9)21)19-20-14-12(34(29,30)31)2-6-1-7(32(23,24)25)4-10(18)13(6)16(14)22;/h1-5,21-22H,18H2,(H,23,24,25)(H,26,27,28)(H,29,30,31);. The van der Waals surface area contributed by atoms with E-state index in [1.165, 1.54) is 0 Å². The van der Waals surface area contributed by atoms with Crippen LogP contribution in [-0.4, -0.2) is 49.1 Å². The van der Waals surface area contributed by atoms with Gasteiger partial charge in [0.2, 0.25) is 0 Å². The Morgan fingerprint density at radius 2 is 1.29 bits per heavy atom. The molecule has 3 aromatic rings. The summed E-state index contributed by atoms with van der Waals surface area (Å²) in [5, 5.41) is 26.2. The molecule has 0 aromatic heterocycles. The van der Waals surface area contributed by atoms with Gasteiger partial charge in [0, 0.05) is 28.1 Å². The molecule has 0 bridgehead atoms. The average molecular weight is 617 g/mol. The molecule has 0 aliphatic carbocycles. The number of benzene rings is 3. The van der Waals surface area contributed by atoms with Crippen molar-refractivity contribution in [2.45, 2.75) is 14.7 Å². The zero-order valence-electron chi connectivity index (χ0n) is 16.4. The predicted molar refractivity (Wildman–Crippen MR) is 117 cm³/mol. The zero-order valence-corrected chi connectivity index (χ0v) is 20.6. The van der Waals surface area contributed by atoms with Gasteiger partial charge in [-0.3, -0.25) is 13.7 Å². The number of fused-ring (bicyclic) bond motifs is 1. The summed E-state index contributed by atoms with van der Waals surface area (Å²) < 4.78 is 97.3. The van der Waals surface area contributed by atoms with Gasteiger partial charge in [-0.15, -0.1) is 10.2 Å². The summed E-state index contributed by atoms with van der Waals surface area (Å²) in [7, 11) is -14.7. The molecule has 0 spiro atoms. The van der Waals surface area contributed by atoms with Crippen LogP contribution in [0.4, 0.5) is 17.1 Å². The molecule has 0 amide bonds. The average Bonchev–Trinajstić information content (AvgIpc) is 2.67. The van der Waals surface area contributed by atoms with Crippen LogP contribution in [0.5, 0.6) is 11.5 Å². The van der Waals surface area contributed by atoms with Crippen molar-refractivity contribution in [2.75, 3.05) is 5.73 Å². The van der Waals surface area contributed by atoms with E-state index < -0.39 is 78.6 Å². The van der Waals surface area contributed by atoms with Crippen LogP contribution in [0.3, 0.4) is 0 Å². The topological polar surface area (TPSA) is 254 Å². The quantitative estimate of drug-likeness (QED) is 0.105. The van der Waals surface area contributed by atoms with Crippen molar-refractivity contribution in [2.24, 2.45) is 10.2 Å². The number of phenolic OH excluding ortho intramolecular Hbond substituents is 2. The van der Waals surface area contributed by atoms with Crippen molar-refractivity contribution in [1.29, 1.82) is 0 Å². The molecular weight excluding hydrogens is 605 g/mol. The van der Waals surface area contributed by atoms with Crippen molar-refractivity contribution in [3.8, 4) is 11.5 Å². The molecule has 3 rings (SSSR count). The van der Waals surface area contributed by atoms with E-state index >= 15 is 0 Å². The van der Waals surface area contributed by atoms with Crippen LogP contribution in [0.2, 0.25) is 5.02 Å². The number of rotatable bonds is 5. The Labute approximate surface area is 212 Å². The van der Waals surface area contributed by atoms with Gasteiger partial charge in [0.05, 0.1) is 14.8 Å². The molecule has 0 fully saturated rings. The van der Waals surface area contributed by atoms with E-state index in [4.69, 9.17) is 17.3 Å². The normalized spacial score (nSPS) is 12.7. The maximum absolute atomic E-state index is 11.9. The van der Waals surface area contributed by atoms with E-state index in [2.05, 4.69) is 10.2 Å². The number of nitrogen functional groups attached to an aromatic ring is 1. The van der Waals surface area contributed by atoms with Crippen LogP contribution >= 0.6 is 11.6 Å². The number of phenols is 2. The molecule has 0 atom stereocenters. The van der Waals surface area contributed by atoms with E-state index in [0.717, 1.165) is 12.1 Å². The Bertz CT molecular complexity index is 1720. The molecule has 19 heteroatoms. The summed E-state index contributed by atoms with van der Waals surface area (Å²) >= 11 is 5.69. The molecule has 1 radical (unpaired) electrons. The number of aromatic hydroxyl groups is 2. The van der Waals surface area contributed by atoms with Crippen LogP contribution in [0.25, 0.3) is 10.8 Å². The first-order valence-corrected chi connectivity index (χ1v) is 13.1. The first-order chi connectivity index (χ1) is 15.4. The fraction of sp³-hybridized carbons (Fsp3) is 0. The molecule has 7 N–H and O–H groups in total. The molecule has 3 aromatic carbocycles. The first kappa shape index (κ1) is 28.7. The second-order valence-electron chi connectivity index (χ2n) is 6.58. The van der Waals surface area contributed by atoms with Gasteiger partial charge >= 0.3 is 0 Å². The number of azo groups is 1. The van der Waals surface area contributed by atoms with E-state index in [9.17, 15) is 49.1 Å². The number of hydrogen-bond acceptors (Lipinski definition) is 11. The number of nitrogens with zero attached hydrogens (tertiary/aromatic N) is 2. The maximum Gasteiger partial charge on any atom is 0.296 e. The van der Waals surface area contributed by atoms with Crippen molar-refractivity contribution in [3.05, 3.63) is 35.4 Å². The zero-order chi connectivity index (χ0) is 25.8. The first-order valence-electron chi connectivity index (χ1n) is 8.37. The molecule has 0 heterocycles. The minimum absolute atomic E-state index is 0. The Morgan fingerprint density at radius 3 is 1.80 bits per heavy atom. The summed E-state index contributed by atoms with van der Waals surface area (Å²) in [4.78, 5) is -2.64. The number of hydrogen-bond donors (Lipinski definition) is 6. The number of nitrogens with two attached hydrogens (primary N) is 1. The van der Waals surface area contributed by atoms with E-state index in [0.29, 0.717) is 18.2 Å². The molecule has 0 aliphatic rings. The molecule has 0 unspecified atom stereocenters. The van der Waals surface area contributed by atoms with E-state index in [1.807, 2.05) is 0 Å². The largest absolute Gasteiger partial charge is 0.505 e. The van der Waals surface area contributed by atoms with Crippen LogP contribution in [0.1, 0.15) is 0 Å². The van der Waals surface area contributed by atoms with Crippen molar-refractivity contribution in [3.63, 3.8) is 0 Å². The summed E-state index contributed by atoms with van der Waals surface area (Å²) in [6, 6.07) is 3.50. The summed E-state index contributed by atoms with van der Waals surface area (Å²) in [6.45, 7) is 0. The monoisotopic (exact) mass is 616 g/mol. The SMILES string of the molecule is Nc1cc(S(=O)(=O)O)cc2cc(S(=O)(=O)O)c(N=Nc3cc(S(=O)(=O)O)cc(Cl)c3O)c(O)c12.[Cu]. The van der Waals surface area contributed by atoms with Crippen LogP contribution in [0.15, 0.2) is 55.2 Å². The molecule has 193 valence electrons. The molecule has 0 saturated heterocycles. The molecule has 0 saturated carbocycles. The van der Waals surface area contributed by atoms with Crippen molar-refractivity contribution < 1.29 is 66.2 Å². The fourth-order valence-electron chi connectivity index (χ4n) is 2.82. The smallest absolute Gasteiger partial charge is 0.296 e.